The predicted octanol–water partition coefficient (Wildman–Crippen LogP) is 0.949. The maximum Gasteiger partial charge on any atom is 0.220 e. The topological polar surface area (TPSA) is 100 Å². The molecule has 0 bridgehead atoms. The molecule has 158 valence electrons. The number of hydrogen-bond acceptors (Lipinski definition) is 6. The van der Waals surface area contributed by atoms with Crippen molar-refractivity contribution in [3.63, 3.8) is 0 Å². The number of hydrogen-bond donors (Lipinski definition) is 1. The molecule has 29 heavy (non-hydrogen) atoms. The Morgan fingerprint density at radius 3 is 2.52 bits per heavy atom. The van der Waals surface area contributed by atoms with Crippen LogP contribution in [-0.4, -0.2) is 75.6 Å². The minimum atomic E-state index is -3.41. The van der Waals surface area contributed by atoms with Crippen LogP contribution in [0.25, 0.3) is 0 Å². The highest BCUT2D eigenvalue weighted by molar-refractivity contribution is 7.88. The van der Waals surface area contributed by atoms with Crippen molar-refractivity contribution in [3.8, 4) is 5.75 Å². The second kappa shape index (κ2) is 9.75. The molecule has 9 nitrogen and oxygen atoms in total. The molecule has 2 aromatic rings. The van der Waals surface area contributed by atoms with Crippen molar-refractivity contribution >= 4 is 16.0 Å². The lowest BCUT2D eigenvalue weighted by atomic mass is 10.1. The third kappa shape index (κ3) is 5.70. The summed E-state index contributed by atoms with van der Waals surface area (Å²) in [5.41, 5.74) is 1.63. The number of nitrogens with one attached hydrogen (secondary N) is 1. The molecule has 1 N–H and O–H groups in total. The van der Waals surface area contributed by atoms with Gasteiger partial charge in [-0.1, -0.05) is 17.3 Å². The highest BCUT2D eigenvalue weighted by Gasteiger charge is 2.28. The van der Waals surface area contributed by atoms with Gasteiger partial charge in [-0.05, 0) is 24.1 Å². The van der Waals surface area contributed by atoms with Crippen LogP contribution in [0.1, 0.15) is 11.3 Å². The van der Waals surface area contributed by atoms with Gasteiger partial charge in [-0.25, -0.2) is 8.42 Å². The van der Waals surface area contributed by atoms with Crippen molar-refractivity contribution in [2.45, 2.75) is 12.2 Å². The maximum atomic E-state index is 12.5. The van der Waals surface area contributed by atoms with E-state index in [1.54, 1.807) is 20.2 Å². The van der Waals surface area contributed by atoms with Gasteiger partial charge in [0.25, 0.3) is 0 Å². The Balaban J connectivity index is 1.46. The highest BCUT2D eigenvalue weighted by atomic mass is 32.2. The summed E-state index contributed by atoms with van der Waals surface area (Å²) in [6, 6.07) is 9.55. The summed E-state index contributed by atoms with van der Waals surface area (Å²) in [5.74, 6) is 1.49. The molecule has 1 aliphatic heterocycles. The zero-order valence-corrected chi connectivity index (χ0v) is 17.6. The molecule has 0 amide bonds. The fraction of sp³-hybridized carbons (Fsp3) is 0.474. The Kier molecular flexibility index (Phi) is 7.10. The maximum absolute atomic E-state index is 12.5. The van der Waals surface area contributed by atoms with Gasteiger partial charge in [0.05, 0.1) is 12.8 Å². The van der Waals surface area contributed by atoms with Crippen molar-refractivity contribution in [1.29, 1.82) is 0 Å². The van der Waals surface area contributed by atoms with Crippen LogP contribution in [0.3, 0.4) is 0 Å². The van der Waals surface area contributed by atoms with E-state index < -0.39 is 10.0 Å². The van der Waals surface area contributed by atoms with Gasteiger partial charge in [-0.2, -0.15) is 4.31 Å². The SMILES string of the molecule is CN=C(NCCc1ccc(OC)cc1)N1CCN(S(=O)(=O)Cc2ccon2)CC1. The summed E-state index contributed by atoms with van der Waals surface area (Å²) in [4.78, 5) is 6.42. The van der Waals surface area contributed by atoms with Crippen molar-refractivity contribution in [2.75, 3.05) is 46.9 Å². The van der Waals surface area contributed by atoms with Crippen LogP contribution in [0.15, 0.2) is 46.1 Å². The summed E-state index contributed by atoms with van der Waals surface area (Å²) in [7, 11) is -0.0151. The number of ether oxygens (including phenoxy) is 1. The van der Waals surface area contributed by atoms with E-state index in [9.17, 15) is 8.42 Å². The fourth-order valence-electron chi connectivity index (χ4n) is 3.21. The lowest BCUT2D eigenvalue weighted by Gasteiger charge is -2.35. The average Bonchev–Trinajstić information content (AvgIpc) is 3.24. The molecule has 0 spiro atoms. The van der Waals surface area contributed by atoms with Crippen LogP contribution in [0.5, 0.6) is 5.75 Å². The van der Waals surface area contributed by atoms with Crippen molar-refractivity contribution in [3.05, 3.63) is 47.9 Å². The fourth-order valence-corrected chi connectivity index (χ4v) is 4.64. The second-order valence-corrected chi connectivity index (χ2v) is 8.67. The molecule has 2 heterocycles. The van der Waals surface area contributed by atoms with E-state index in [0.717, 1.165) is 24.7 Å². The zero-order valence-electron chi connectivity index (χ0n) is 16.7. The van der Waals surface area contributed by atoms with E-state index in [1.807, 2.05) is 24.3 Å². The highest BCUT2D eigenvalue weighted by Crippen LogP contribution is 2.13. The molecule has 1 fully saturated rings. The first-order valence-electron chi connectivity index (χ1n) is 9.47. The summed E-state index contributed by atoms with van der Waals surface area (Å²) < 4.78 is 36.5. The summed E-state index contributed by atoms with van der Waals surface area (Å²) in [6.07, 6.45) is 2.24. The predicted molar refractivity (Wildman–Crippen MR) is 110 cm³/mol. The molecule has 1 saturated heterocycles. The van der Waals surface area contributed by atoms with Crippen LogP contribution in [0.2, 0.25) is 0 Å². The van der Waals surface area contributed by atoms with Gasteiger partial charge >= 0.3 is 0 Å². The monoisotopic (exact) mass is 421 g/mol. The normalized spacial score (nSPS) is 16.1. The second-order valence-electron chi connectivity index (χ2n) is 6.71. The first-order chi connectivity index (χ1) is 14.0. The minimum absolute atomic E-state index is 0.141. The van der Waals surface area contributed by atoms with E-state index in [1.165, 1.54) is 16.1 Å². The minimum Gasteiger partial charge on any atom is -0.497 e. The van der Waals surface area contributed by atoms with Crippen molar-refractivity contribution in [1.82, 2.24) is 19.7 Å². The molecule has 0 saturated carbocycles. The molecule has 1 aromatic heterocycles. The number of guanidine groups is 1. The van der Waals surface area contributed by atoms with Crippen molar-refractivity contribution in [2.24, 2.45) is 4.99 Å². The molecule has 3 rings (SSSR count). The van der Waals surface area contributed by atoms with Crippen LogP contribution in [0, 0.1) is 0 Å². The molecular weight excluding hydrogens is 394 g/mol. The zero-order chi connectivity index (χ0) is 20.7. The van der Waals surface area contributed by atoms with Crippen molar-refractivity contribution < 1.29 is 17.7 Å². The van der Waals surface area contributed by atoms with E-state index >= 15 is 0 Å². The molecule has 0 radical (unpaired) electrons. The Bertz CT molecular complexity index is 889. The number of sulfonamides is 1. The molecule has 10 heteroatoms. The quantitative estimate of drug-likeness (QED) is 0.525. The standard InChI is InChI=1S/C19H27N5O4S/c1-20-19(21-9-7-16-3-5-18(27-2)6-4-16)23-10-12-24(13-11-23)29(25,26)15-17-8-14-28-22-17/h3-6,8,14H,7,9-13,15H2,1-2H3,(H,20,21). The van der Waals surface area contributed by atoms with E-state index in [2.05, 4.69) is 20.4 Å². The number of piperazine rings is 1. The number of aromatic nitrogens is 1. The number of benzene rings is 1. The lowest BCUT2D eigenvalue weighted by Crippen LogP contribution is -2.54. The van der Waals surface area contributed by atoms with Gasteiger partial charge < -0.3 is 19.5 Å². The van der Waals surface area contributed by atoms with E-state index in [0.29, 0.717) is 31.9 Å². The van der Waals surface area contributed by atoms with Gasteiger partial charge in [-0.15, -0.1) is 0 Å². The first-order valence-corrected chi connectivity index (χ1v) is 11.1. The van der Waals surface area contributed by atoms with Gasteiger partial charge in [-0.3, -0.25) is 4.99 Å². The van der Waals surface area contributed by atoms with Gasteiger partial charge in [0.1, 0.15) is 17.8 Å². The third-order valence-electron chi connectivity index (χ3n) is 4.82. The largest absolute Gasteiger partial charge is 0.497 e. The van der Waals surface area contributed by atoms with E-state index in [-0.39, 0.29) is 5.75 Å². The molecule has 1 aliphatic rings. The number of rotatable bonds is 7. The lowest BCUT2D eigenvalue weighted by molar-refractivity contribution is 0.260. The molecule has 0 unspecified atom stereocenters. The first kappa shape index (κ1) is 21.1. The van der Waals surface area contributed by atoms with Crippen LogP contribution >= 0.6 is 0 Å². The molecule has 0 atom stereocenters. The van der Waals surface area contributed by atoms with Gasteiger partial charge in [0, 0.05) is 45.8 Å². The Hall–Kier alpha value is -2.59. The van der Waals surface area contributed by atoms with Crippen LogP contribution in [-0.2, 0) is 22.2 Å². The Morgan fingerprint density at radius 1 is 1.21 bits per heavy atom. The van der Waals surface area contributed by atoms with Gasteiger partial charge in [0.15, 0.2) is 5.96 Å². The molecule has 1 aromatic carbocycles. The summed E-state index contributed by atoms with van der Waals surface area (Å²) >= 11 is 0. The molecular formula is C19H27N5O4S. The smallest absolute Gasteiger partial charge is 0.220 e. The summed E-state index contributed by atoms with van der Waals surface area (Å²) in [5, 5.41) is 7.05. The number of methoxy groups -OCH3 is 1. The van der Waals surface area contributed by atoms with E-state index in [4.69, 9.17) is 9.26 Å². The number of aliphatic imine (C=N–C) groups is 1. The Labute approximate surface area is 171 Å². The van der Waals surface area contributed by atoms with Crippen LogP contribution < -0.4 is 10.1 Å². The Morgan fingerprint density at radius 2 is 1.93 bits per heavy atom. The van der Waals surface area contributed by atoms with Crippen LogP contribution in [0.4, 0.5) is 0 Å². The average molecular weight is 422 g/mol. The number of nitrogens with zero attached hydrogens (tertiary/aromatic N) is 4. The molecule has 0 aliphatic carbocycles. The summed E-state index contributed by atoms with van der Waals surface area (Å²) in [6.45, 7) is 2.74. The van der Waals surface area contributed by atoms with Gasteiger partial charge in [0.2, 0.25) is 10.0 Å². The third-order valence-corrected chi connectivity index (χ3v) is 6.63.